The van der Waals surface area contributed by atoms with Gasteiger partial charge in [0, 0.05) is 12.2 Å². The number of aliphatic carboxylic acids is 1. The summed E-state index contributed by atoms with van der Waals surface area (Å²) in [6.07, 6.45) is 2.22. The summed E-state index contributed by atoms with van der Waals surface area (Å²) in [6.45, 7) is 6.61. The molecule has 4 heteroatoms. The molecule has 0 unspecified atom stereocenters. The fourth-order valence-electron chi connectivity index (χ4n) is 0.285. The van der Waals surface area contributed by atoms with Crippen LogP contribution in [0.15, 0.2) is 24.3 Å². The van der Waals surface area contributed by atoms with Crippen molar-refractivity contribution < 1.29 is 14.7 Å². The first-order chi connectivity index (χ1) is 5.40. The number of amides is 1. The number of primary amides is 1. The number of carboxylic acids is 1. The maximum absolute atomic E-state index is 9.96. The zero-order chi connectivity index (χ0) is 10.1. The third-order valence-electron chi connectivity index (χ3n) is 0.606. The first-order valence-electron chi connectivity index (χ1n) is 3.19. The van der Waals surface area contributed by atoms with Gasteiger partial charge in [0.2, 0.25) is 5.91 Å². The molecule has 0 atom stereocenters. The van der Waals surface area contributed by atoms with Crippen LogP contribution in [-0.4, -0.2) is 17.0 Å². The predicted molar refractivity (Wildman–Crippen MR) is 46.5 cm³/mol. The minimum atomic E-state index is -0.981. The Bertz CT molecular complexity index is 202. The van der Waals surface area contributed by atoms with Gasteiger partial charge in [-0.1, -0.05) is 12.2 Å². The Morgan fingerprint density at radius 1 is 1.42 bits per heavy atom. The monoisotopic (exact) mass is 171 g/mol. The van der Waals surface area contributed by atoms with Gasteiger partial charge < -0.3 is 10.8 Å². The van der Waals surface area contributed by atoms with Crippen LogP contribution in [0.4, 0.5) is 0 Å². The molecule has 12 heavy (non-hydrogen) atoms. The summed E-state index contributed by atoms with van der Waals surface area (Å²) in [7, 11) is 0. The van der Waals surface area contributed by atoms with Gasteiger partial charge in [-0.2, -0.15) is 0 Å². The van der Waals surface area contributed by atoms with Crippen molar-refractivity contribution in [2.24, 2.45) is 5.73 Å². The molecule has 0 fully saturated rings. The Kier molecular flexibility index (Phi) is 8.18. The molecule has 0 bridgehead atoms. The maximum Gasteiger partial charge on any atom is 0.327 e. The van der Waals surface area contributed by atoms with E-state index in [1.54, 1.807) is 0 Å². The van der Waals surface area contributed by atoms with Crippen molar-refractivity contribution in [3.8, 4) is 0 Å². The van der Waals surface area contributed by atoms with Crippen LogP contribution in [0.2, 0.25) is 0 Å². The first kappa shape index (κ1) is 13.0. The van der Waals surface area contributed by atoms with Gasteiger partial charge in [0.25, 0.3) is 0 Å². The molecule has 0 aromatic carbocycles. The standard InChI is InChI=1S/C5H9NO.C3H4O2/c1-4(2)3-5(6)7;1-2-3(4)5/h3H,1-2H3,(H2,6,7);2H,1H2,(H,4,5). The van der Waals surface area contributed by atoms with Gasteiger partial charge >= 0.3 is 5.97 Å². The SMILES string of the molecule is C=CC(=O)O.CC(C)=CC(N)=O. The quantitative estimate of drug-likeness (QED) is 0.600. The number of carboxylic acid groups (broad SMARTS) is 1. The second kappa shape index (κ2) is 7.53. The zero-order valence-electron chi connectivity index (χ0n) is 7.20. The molecule has 4 nitrogen and oxygen atoms in total. The number of carbonyl (C=O) groups excluding carboxylic acids is 1. The summed E-state index contributed by atoms with van der Waals surface area (Å²) in [5.74, 6) is -1.36. The minimum Gasteiger partial charge on any atom is -0.478 e. The Morgan fingerprint density at radius 3 is 1.75 bits per heavy atom. The highest BCUT2D eigenvalue weighted by atomic mass is 16.4. The molecule has 0 aliphatic heterocycles. The highest BCUT2D eigenvalue weighted by Gasteiger charge is 1.80. The highest BCUT2D eigenvalue weighted by molar-refractivity contribution is 5.86. The maximum atomic E-state index is 9.96. The predicted octanol–water partition coefficient (Wildman–Crippen LogP) is 0.695. The van der Waals surface area contributed by atoms with Crippen molar-refractivity contribution in [1.82, 2.24) is 0 Å². The van der Waals surface area contributed by atoms with Crippen molar-refractivity contribution in [3.63, 3.8) is 0 Å². The third-order valence-corrected chi connectivity index (χ3v) is 0.606. The van der Waals surface area contributed by atoms with Gasteiger partial charge in [-0.3, -0.25) is 4.79 Å². The molecule has 0 aromatic rings. The number of allylic oxidation sites excluding steroid dienone is 1. The normalized spacial score (nSPS) is 7.17. The Morgan fingerprint density at radius 2 is 1.75 bits per heavy atom. The van der Waals surface area contributed by atoms with E-state index in [1.807, 2.05) is 13.8 Å². The minimum absolute atomic E-state index is 0.375. The van der Waals surface area contributed by atoms with E-state index in [1.165, 1.54) is 6.08 Å². The second-order valence-corrected chi connectivity index (χ2v) is 2.17. The van der Waals surface area contributed by atoms with Gasteiger partial charge in [-0.05, 0) is 13.8 Å². The topological polar surface area (TPSA) is 80.4 Å². The molecule has 0 rings (SSSR count). The molecule has 0 heterocycles. The molecule has 0 saturated heterocycles. The molecule has 0 aliphatic carbocycles. The van der Waals surface area contributed by atoms with E-state index in [4.69, 9.17) is 10.8 Å². The van der Waals surface area contributed by atoms with Crippen LogP contribution in [0.3, 0.4) is 0 Å². The van der Waals surface area contributed by atoms with Crippen molar-refractivity contribution in [3.05, 3.63) is 24.3 Å². The van der Waals surface area contributed by atoms with Crippen LogP contribution in [0.25, 0.3) is 0 Å². The van der Waals surface area contributed by atoms with E-state index < -0.39 is 5.97 Å². The van der Waals surface area contributed by atoms with E-state index in [0.29, 0.717) is 0 Å². The van der Waals surface area contributed by atoms with Gasteiger partial charge in [0.1, 0.15) is 0 Å². The lowest BCUT2D eigenvalue weighted by molar-refractivity contribution is -0.131. The summed E-state index contributed by atoms with van der Waals surface area (Å²) < 4.78 is 0. The lowest BCUT2D eigenvalue weighted by Gasteiger charge is -1.80. The number of nitrogens with two attached hydrogens (primary N) is 1. The van der Waals surface area contributed by atoms with E-state index >= 15 is 0 Å². The van der Waals surface area contributed by atoms with Crippen LogP contribution in [0.1, 0.15) is 13.8 Å². The van der Waals surface area contributed by atoms with Crippen LogP contribution >= 0.6 is 0 Å². The summed E-state index contributed by atoms with van der Waals surface area (Å²) in [5.41, 5.74) is 5.72. The zero-order valence-corrected chi connectivity index (χ0v) is 7.20. The van der Waals surface area contributed by atoms with Crippen LogP contribution in [0, 0.1) is 0 Å². The largest absolute Gasteiger partial charge is 0.478 e. The number of carbonyl (C=O) groups is 2. The fraction of sp³-hybridized carbons (Fsp3) is 0.250. The van der Waals surface area contributed by atoms with Crippen molar-refractivity contribution >= 4 is 11.9 Å². The molecule has 1 amide bonds. The number of hydrogen-bond donors (Lipinski definition) is 2. The van der Waals surface area contributed by atoms with E-state index in [2.05, 4.69) is 6.58 Å². The third kappa shape index (κ3) is 23.7. The average molecular weight is 171 g/mol. The van der Waals surface area contributed by atoms with Crippen molar-refractivity contribution in [2.75, 3.05) is 0 Å². The van der Waals surface area contributed by atoms with Crippen LogP contribution < -0.4 is 5.73 Å². The average Bonchev–Trinajstić information content (AvgIpc) is 1.85. The molecule has 0 aromatic heterocycles. The van der Waals surface area contributed by atoms with Crippen molar-refractivity contribution in [1.29, 1.82) is 0 Å². The van der Waals surface area contributed by atoms with Crippen LogP contribution in [-0.2, 0) is 9.59 Å². The van der Waals surface area contributed by atoms with Crippen LogP contribution in [0.5, 0.6) is 0 Å². The van der Waals surface area contributed by atoms with Gasteiger partial charge in [-0.25, -0.2) is 4.79 Å². The van der Waals surface area contributed by atoms with E-state index in [-0.39, 0.29) is 5.91 Å². The summed E-state index contributed by atoms with van der Waals surface area (Å²) >= 11 is 0. The lowest BCUT2D eigenvalue weighted by atomic mass is 10.3. The van der Waals surface area contributed by atoms with Gasteiger partial charge in [0.15, 0.2) is 0 Å². The molecule has 68 valence electrons. The Balaban J connectivity index is 0. The first-order valence-corrected chi connectivity index (χ1v) is 3.19. The number of hydrogen-bond acceptors (Lipinski definition) is 2. The smallest absolute Gasteiger partial charge is 0.327 e. The number of rotatable bonds is 2. The summed E-state index contributed by atoms with van der Waals surface area (Å²) in [4.78, 5) is 19.2. The fourth-order valence-corrected chi connectivity index (χ4v) is 0.285. The molecule has 3 N–H and O–H groups in total. The Hall–Kier alpha value is -1.58. The van der Waals surface area contributed by atoms with E-state index in [0.717, 1.165) is 11.6 Å². The molecular formula is C8H13NO3. The Labute approximate surface area is 71.4 Å². The summed E-state index contributed by atoms with van der Waals surface area (Å²) in [6, 6.07) is 0. The van der Waals surface area contributed by atoms with Crippen molar-refractivity contribution in [2.45, 2.75) is 13.8 Å². The molecule has 0 aliphatic rings. The molecular weight excluding hydrogens is 158 g/mol. The molecule has 0 radical (unpaired) electrons. The lowest BCUT2D eigenvalue weighted by Crippen LogP contribution is -2.05. The molecule has 0 spiro atoms. The molecule has 0 saturated carbocycles. The second-order valence-electron chi connectivity index (χ2n) is 2.17. The van der Waals surface area contributed by atoms with E-state index in [9.17, 15) is 9.59 Å². The van der Waals surface area contributed by atoms with Gasteiger partial charge in [-0.15, -0.1) is 0 Å². The van der Waals surface area contributed by atoms with Gasteiger partial charge in [0.05, 0.1) is 0 Å². The highest BCUT2D eigenvalue weighted by Crippen LogP contribution is 1.84. The summed E-state index contributed by atoms with van der Waals surface area (Å²) in [5, 5.41) is 7.60.